The highest BCUT2D eigenvalue weighted by atomic mass is 16.5. The maximum atomic E-state index is 12.3. The number of carbonyl (C=O) groups excluding carboxylic acids is 1. The van der Waals surface area contributed by atoms with Crippen LogP contribution in [0.5, 0.6) is 17.2 Å². The number of aryl methyl sites for hydroxylation is 1. The van der Waals surface area contributed by atoms with Gasteiger partial charge in [0.25, 0.3) is 5.91 Å². The van der Waals surface area contributed by atoms with Crippen molar-refractivity contribution in [1.29, 1.82) is 0 Å². The maximum Gasteiger partial charge on any atom is 0.260 e. The third-order valence-electron chi connectivity index (χ3n) is 4.39. The van der Waals surface area contributed by atoms with Crippen molar-refractivity contribution in [2.75, 3.05) is 20.8 Å². The zero-order valence-electron chi connectivity index (χ0n) is 16.1. The highest BCUT2D eigenvalue weighted by Crippen LogP contribution is 2.27. The lowest BCUT2D eigenvalue weighted by Gasteiger charge is -2.17. The Morgan fingerprint density at radius 2 is 1.77 bits per heavy atom. The van der Waals surface area contributed by atoms with Crippen LogP contribution in [-0.4, -0.2) is 32.8 Å². The Hall–Kier alpha value is -2.69. The first kappa shape index (κ1) is 19.6. The Morgan fingerprint density at radius 3 is 2.46 bits per heavy atom. The van der Waals surface area contributed by atoms with Gasteiger partial charge in [-0.25, -0.2) is 0 Å². The van der Waals surface area contributed by atoms with Crippen LogP contribution in [0.2, 0.25) is 0 Å². The summed E-state index contributed by atoms with van der Waals surface area (Å²) >= 11 is 0. The minimum Gasteiger partial charge on any atom is -0.493 e. The Bertz CT molecular complexity index is 758. The fourth-order valence-electron chi connectivity index (χ4n) is 2.61. The number of rotatable bonds is 8. The van der Waals surface area contributed by atoms with Gasteiger partial charge in [0, 0.05) is 6.54 Å². The van der Waals surface area contributed by atoms with E-state index in [9.17, 15) is 4.79 Å². The maximum absolute atomic E-state index is 12.3. The molecule has 0 saturated carbocycles. The lowest BCUT2D eigenvalue weighted by atomic mass is 10.1. The largest absolute Gasteiger partial charge is 0.493 e. The van der Waals surface area contributed by atoms with E-state index in [-0.39, 0.29) is 5.91 Å². The summed E-state index contributed by atoms with van der Waals surface area (Å²) in [6.07, 6.45) is 0.142. The number of nitrogens with one attached hydrogen (secondary N) is 1. The summed E-state index contributed by atoms with van der Waals surface area (Å²) in [7, 11) is 3.21. The Balaban J connectivity index is 1.87. The zero-order chi connectivity index (χ0) is 19.1. The third-order valence-corrected chi connectivity index (χ3v) is 4.39. The van der Waals surface area contributed by atoms with E-state index < -0.39 is 6.10 Å². The Morgan fingerprint density at radius 1 is 1.04 bits per heavy atom. The van der Waals surface area contributed by atoms with E-state index in [2.05, 4.69) is 5.32 Å². The second kappa shape index (κ2) is 9.13. The van der Waals surface area contributed by atoms with Gasteiger partial charge in [-0.3, -0.25) is 4.79 Å². The summed E-state index contributed by atoms with van der Waals surface area (Å²) < 4.78 is 16.3. The standard InChI is InChI=1S/C21H27NO4/c1-14-7-6-8-18(15(14)2)26-16(3)21(23)22-12-11-17-9-10-19(24-4)20(13-17)25-5/h6-10,13,16H,11-12H2,1-5H3,(H,22,23). The van der Waals surface area contributed by atoms with Crippen molar-refractivity contribution in [3.05, 3.63) is 53.1 Å². The second-order valence-electron chi connectivity index (χ2n) is 6.19. The first-order valence-electron chi connectivity index (χ1n) is 8.67. The van der Waals surface area contributed by atoms with Gasteiger partial charge in [0.15, 0.2) is 17.6 Å². The van der Waals surface area contributed by atoms with Crippen LogP contribution in [-0.2, 0) is 11.2 Å². The molecule has 1 unspecified atom stereocenters. The predicted octanol–water partition coefficient (Wildman–Crippen LogP) is 3.45. The third kappa shape index (κ3) is 4.91. The molecule has 0 spiro atoms. The van der Waals surface area contributed by atoms with E-state index in [0.29, 0.717) is 24.5 Å². The summed E-state index contributed by atoms with van der Waals surface area (Å²) in [5.74, 6) is 1.98. The second-order valence-corrected chi connectivity index (χ2v) is 6.19. The summed E-state index contributed by atoms with van der Waals surface area (Å²) in [6.45, 7) is 6.30. The average Bonchev–Trinajstić information content (AvgIpc) is 2.65. The van der Waals surface area contributed by atoms with Gasteiger partial charge in [0.05, 0.1) is 14.2 Å². The average molecular weight is 357 g/mol. The van der Waals surface area contributed by atoms with Gasteiger partial charge in [0.1, 0.15) is 5.75 Å². The minimum atomic E-state index is -0.555. The van der Waals surface area contributed by atoms with E-state index >= 15 is 0 Å². The molecule has 1 N–H and O–H groups in total. The van der Waals surface area contributed by atoms with E-state index in [1.165, 1.54) is 0 Å². The molecule has 1 atom stereocenters. The summed E-state index contributed by atoms with van der Waals surface area (Å²) in [4.78, 5) is 12.3. The summed E-state index contributed by atoms with van der Waals surface area (Å²) in [6, 6.07) is 11.6. The molecule has 2 aromatic rings. The van der Waals surface area contributed by atoms with Gasteiger partial charge in [0.2, 0.25) is 0 Å². The molecule has 0 heterocycles. The van der Waals surface area contributed by atoms with Gasteiger partial charge in [-0.1, -0.05) is 18.2 Å². The van der Waals surface area contributed by atoms with Crippen LogP contribution < -0.4 is 19.5 Å². The molecule has 26 heavy (non-hydrogen) atoms. The van der Waals surface area contributed by atoms with Crippen molar-refractivity contribution in [2.24, 2.45) is 0 Å². The van der Waals surface area contributed by atoms with Gasteiger partial charge in [-0.05, 0) is 62.1 Å². The number of methoxy groups -OCH3 is 2. The molecule has 0 radical (unpaired) electrons. The molecule has 2 rings (SSSR count). The molecule has 5 heteroatoms. The van der Waals surface area contributed by atoms with Crippen molar-refractivity contribution < 1.29 is 19.0 Å². The van der Waals surface area contributed by atoms with Crippen LogP contribution >= 0.6 is 0 Å². The fourth-order valence-corrected chi connectivity index (χ4v) is 2.61. The van der Waals surface area contributed by atoms with Crippen molar-refractivity contribution in [2.45, 2.75) is 33.3 Å². The molecule has 0 aliphatic heterocycles. The molecule has 0 bridgehead atoms. The predicted molar refractivity (Wildman–Crippen MR) is 102 cm³/mol. The van der Waals surface area contributed by atoms with E-state index in [0.717, 1.165) is 22.4 Å². The summed E-state index contributed by atoms with van der Waals surface area (Å²) in [5.41, 5.74) is 3.26. The minimum absolute atomic E-state index is 0.133. The number of carbonyl (C=O) groups is 1. The van der Waals surface area contributed by atoms with Gasteiger partial charge in [-0.2, -0.15) is 0 Å². The van der Waals surface area contributed by atoms with Crippen molar-refractivity contribution in [1.82, 2.24) is 5.32 Å². The fraction of sp³-hybridized carbons (Fsp3) is 0.381. The number of benzene rings is 2. The van der Waals surface area contributed by atoms with Crippen LogP contribution in [0.1, 0.15) is 23.6 Å². The number of hydrogen-bond acceptors (Lipinski definition) is 4. The quantitative estimate of drug-likeness (QED) is 0.786. The SMILES string of the molecule is COc1ccc(CCNC(=O)C(C)Oc2cccc(C)c2C)cc1OC. The van der Waals surface area contributed by atoms with Crippen molar-refractivity contribution in [3.63, 3.8) is 0 Å². The molecule has 1 amide bonds. The lowest BCUT2D eigenvalue weighted by molar-refractivity contribution is -0.127. The Kier molecular flexibility index (Phi) is 6.89. The molecule has 5 nitrogen and oxygen atoms in total. The topological polar surface area (TPSA) is 56.8 Å². The zero-order valence-corrected chi connectivity index (χ0v) is 16.1. The molecular weight excluding hydrogens is 330 g/mol. The van der Waals surface area contributed by atoms with E-state index in [1.807, 2.05) is 50.2 Å². The molecule has 0 saturated heterocycles. The van der Waals surface area contributed by atoms with Crippen LogP contribution in [0.4, 0.5) is 0 Å². The molecular formula is C21H27NO4. The monoisotopic (exact) mass is 357 g/mol. The number of ether oxygens (including phenoxy) is 3. The highest BCUT2D eigenvalue weighted by Gasteiger charge is 2.15. The molecule has 0 aliphatic carbocycles. The highest BCUT2D eigenvalue weighted by molar-refractivity contribution is 5.80. The van der Waals surface area contributed by atoms with Crippen LogP contribution in [0.3, 0.4) is 0 Å². The Labute approximate surface area is 155 Å². The number of hydrogen-bond donors (Lipinski definition) is 1. The number of amides is 1. The molecule has 140 valence electrons. The van der Waals surface area contributed by atoms with E-state index in [4.69, 9.17) is 14.2 Å². The molecule has 0 aliphatic rings. The van der Waals surface area contributed by atoms with Crippen molar-refractivity contribution in [3.8, 4) is 17.2 Å². The smallest absolute Gasteiger partial charge is 0.260 e. The molecule has 0 fully saturated rings. The van der Waals surface area contributed by atoms with Crippen LogP contribution in [0, 0.1) is 13.8 Å². The lowest BCUT2D eigenvalue weighted by Crippen LogP contribution is -2.37. The van der Waals surface area contributed by atoms with E-state index in [1.54, 1.807) is 21.1 Å². The van der Waals surface area contributed by atoms with Crippen molar-refractivity contribution >= 4 is 5.91 Å². The molecule has 2 aromatic carbocycles. The van der Waals surface area contributed by atoms with Gasteiger partial charge >= 0.3 is 0 Å². The first-order valence-corrected chi connectivity index (χ1v) is 8.67. The van der Waals surface area contributed by atoms with Gasteiger partial charge < -0.3 is 19.5 Å². The van der Waals surface area contributed by atoms with Crippen LogP contribution in [0.25, 0.3) is 0 Å². The van der Waals surface area contributed by atoms with Gasteiger partial charge in [-0.15, -0.1) is 0 Å². The first-order chi connectivity index (χ1) is 12.5. The normalized spacial score (nSPS) is 11.6. The van der Waals surface area contributed by atoms with Crippen LogP contribution in [0.15, 0.2) is 36.4 Å². The summed E-state index contributed by atoms with van der Waals surface area (Å²) in [5, 5.41) is 2.92. The molecule has 0 aromatic heterocycles.